The van der Waals surface area contributed by atoms with E-state index < -0.39 is 41.1 Å². The van der Waals surface area contributed by atoms with Gasteiger partial charge in [0.15, 0.2) is 5.82 Å². The van der Waals surface area contributed by atoms with Gasteiger partial charge in [0.2, 0.25) is 0 Å². The van der Waals surface area contributed by atoms with Crippen molar-refractivity contribution in [3.8, 4) is 135 Å². The van der Waals surface area contributed by atoms with Crippen molar-refractivity contribution in [2.45, 2.75) is 55.0 Å². The summed E-state index contributed by atoms with van der Waals surface area (Å²) < 4.78 is 131. The first-order valence-electron chi connectivity index (χ1n) is 48.8. The second-order valence-electron chi connectivity index (χ2n) is 27.2. The fraction of sp³-hybridized carbons (Fsp3) is 0.0714. The number of aryl methyl sites for hydroxylation is 8. The summed E-state index contributed by atoms with van der Waals surface area (Å²) in [5.74, 6) is 1.22. The Bertz CT molecular complexity index is 6970. The van der Waals surface area contributed by atoms with Gasteiger partial charge in [0.1, 0.15) is 23.8 Å². The molecule has 20 rings (SSSR count). The maximum Gasteiger partial charge on any atom is 0.164 e. The maximum atomic E-state index is 7.44. The Morgan fingerprint density at radius 1 is 0.205 bits per heavy atom. The van der Waals surface area contributed by atoms with Gasteiger partial charge in [0.25, 0.3) is 0 Å². The van der Waals surface area contributed by atoms with Crippen LogP contribution in [0.3, 0.4) is 0 Å². The SMILES string of the molecule is Cc1nccc(-c2ccc(-c3[c-]cccc3)nc2)n1.[2H]C([2H])([2H])c1ccc(-c2[c-]cccc2)nc1.[2H]C([2H])([2H])c1ccc(-c2[c-]cccc2)nc1.[2H]C([2H])([2H])c1ccc(-c2[c-]cccc2)nc1.[2H]C([2H])([2H])c1ccc(-c2[c-]cccc2)nc1.[2H]C([2H])([2H])c1ccc(-c2ccc(-c3[c-]cccc3)nc2)cn1.[2H]C([2H])([2H])c1nc(C)nc(-c2ccc(-c3[c-]cccc3)nc2)n1.[Ir].[Ir].[Ir].[Ir].[c-]1ccccc1-c1ccc(-c2ccncn2)cn1. The van der Waals surface area contributed by atoms with Gasteiger partial charge in [-0.25, -0.2) is 34.9 Å². The summed E-state index contributed by atoms with van der Waals surface area (Å²) >= 11 is 0. The van der Waals surface area contributed by atoms with Crippen LogP contribution in [0.2, 0.25) is 0 Å². The third kappa shape index (κ3) is 32.2. The topological polar surface area (TPSA) is 206 Å². The summed E-state index contributed by atoms with van der Waals surface area (Å²) in [5.41, 5.74) is 20.8. The van der Waals surface area contributed by atoms with Gasteiger partial charge in [-0.3, -0.25) is 4.98 Å². The van der Waals surface area contributed by atoms with Crippen LogP contribution in [-0.4, -0.2) is 79.7 Å². The molecule has 0 bridgehead atoms. The van der Waals surface area contributed by atoms with E-state index in [1.807, 2.05) is 244 Å². The molecular weight excluding hydrogens is 2340 g/mol. The number of aromatic nitrogens is 16. The van der Waals surface area contributed by atoms with Crippen molar-refractivity contribution in [1.29, 1.82) is 0 Å². The molecule has 0 amide bonds. The van der Waals surface area contributed by atoms with Crippen LogP contribution in [-0.2, 0) is 80.4 Å². The van der Waals surface area contributed by atoms with Gasteiger partial charge in [0.05, 0.1) is 11.4 Å². The van der Waals surface area contributed by atoms with Crippen LogP contribution >= 0.6 is 0 Å². The van der Waals surface area contributed by atoms with Crippen molar-refractivity contribution in [1.82, 2.24) is 79.7 Å². The molecule has 660 valence electrons. The van der Waals surface area contributed by atoms with Crippen LogP contribution in [0.25, 0.3) is 135 Å². The summed E-state index contributed by atoms with van der Waals surface area (Å²) in [6, 6.07) is 121. The van der Waals surface area contributed by atoms with E-state index in [1.54, 1.807) is 123 Å². The van der Waals surface area contributed by atoms with Crippen molar-refractivity contribution in [2.24, 2.45) is 0 Å². The van der Waals surface area contributed by atoms with E-state index in [9.17, 15) is 0 Å². The van der Waals surface area contributed by atoms with Gasteiger partial charge in [-0.1, -0.05) is 103 Å². The molecule has 132 heavy (non-hydrogen) atoms. The molecule has 0 spiro atoms. The molecular formula is C112H88Ir4N16-8. The fourth-order valence-corrected chi connectivity index (χ4v) is 11.7. The quantitative estimate of drug-likeness (QED) is 0.104. The molecule has 0 atom stereocenters. The van der Waals surface area contributed by atoms with Gasteiger partial charge >= 0.3 is 0 Å². The van der Waals surface area contributed by atoms with Crippen LogP contribution in [0.1, 0.15) is 70.1 Å². The minimum Gasteiger partial charge on any atom is -0.304 e. The predicted molar refractivity (Wildman–Crippen MR) is 510 cm³/mol. The molecule has 0 aliphatic heterocycles. The predicted octanol–water partition coefficient (Wildman–Crippen LogP) is 24.7. The summed E-state index contributed by atoms with van der Waals surface area (Å²) in [4.78, 5) is 66.9. The van der Waals surface area contributed by atoms with Gasteiger partial charge in [-0.05, 0) is 147 Å². The molecule has 16 nitrogen and oxygen atoms in total. The Morgan fingerprint density at radius 3 is 0.758 bits per heavy atom. The molecule has 0 saturated carbocycles. The van der Waals surface area contributed by atoms with E-state index in [1.165, 1.54) is 37.2 Å². The summed E-state index contributed by atoms with van der Waals surface area (Å²) in [6.45, 7) is -9.39. The number of hydrogen-bond donors (Lipinski definition) is 0. The Hall–Kier alpha value is -14.1. The van der Waals surface area contributed by atoms with Gasteiger partial charge in [-0.15, -0.1) is 287 Å². The second kappa shape index (κ2) is 54.4. The van der Waals surface area contributed by atoms with E-state index in [0.29, 0.717) is 17.2 Å². The van der Waals surface area contributed by atoms with Gasteiger partial charge < -0.3 is 39.9 Å². The monoisotopic (exact) mass is 2450 g/mol. The maximum absolute atomic E-state index is 7.44. The van der Waals surface area contributed by atoms with E-state index in [0.717, 1.165) is 130 Å². The Morgan fingerprint density at radius 2 is 0.500 bits per heavy atom. The molecule has 0 fully saturated rings. The van der Waals surface area contributed by atoms with Crippen molar-refractivity contribution < 1.29 is 105 Å². The normalized spacial score (nSPS) is 12.5. The smallest absolute Gasteiger partial charge is 0.164 e. The van der Waals surface area contributed by atoms with E-state index >= 15 is 0 Å². The number of nitrogens with zero attached hydrogens (tertiary/aromatic N) is 16. The average Bonchev–Trinajstić information content (AvgIpc) is 0.800. The van der Waals surface area contributed by atoms with Crippen LogP contribution in [0.4, 0.5) is 0 Å². The standard InChI is InChI=1S/C17H13N2.C16H13N4.C16H12N3.C15H10N3.4C12H10N.4Ir/c1-13-7-8-15(11-18-13)16-9-10-17(19-12-16)14-5-3-2-4-6-14;1-11-18-12(2)20-16(19-11)14-8-9-15(17-10-14)13-6-4-3-5-7-13;1-12-17-10-9-16(19-12)14-7-8-15(18-11-14)13-5-3-2-4-6-13;1-2-4-12(5-3-1)14-7-6-13(10-17-14)15-8-9-16-11-18-15;4*1-10-7-8-12(13-9-10)11-5-3-2-4-6-11;;;;/h2-5,7-12H,1H3;3-6,8-10H,1-2H3;2-5,7-11H,1H3;1-4,6-11H;4*2-5,7-9H,1H3;;;;/q8*-1;;;;/i2*1D3;;;4*1D3;;;;. The zero-order chi connectivity index (χ0) is 104. The molecule has 20 heteroatoms. The van der Waals surface area contributed by atoms with Crippen molar-refractivity contribution in [3.63, 3.8) is 0 Å². The van der Waals surface area contributed by atoms with E-state index in [-0.39, 0.29) is 114 Å². The third-order valence-electron chi connectivity index (χ3n) is 18.0. The van der Waals surface area contributed by atoms with E-state index in [4.69, 9.17) is 24.7 Å². The summed E-state index contributed by atoms with van der Waals surface area (Å²) in [5, 5.41) is 0. The molecule has 0 unspecified atom stereocenters. The molecule has 20 aromatic rings. The summed E-state index contributed by atoms with van der Waals surface area (Å²) in [6.07, 6.45) is 19.2. The van der Waals surface area contributed by atoms with Crippen LogP contribution in [0, 0.1) is 103 Å². The number of pyridine rings is 9. The molecule has 0 N–H and O–H groups in total. The average molecular weight is 2450 g/mol. The van der Waals surface area contributed by atoms with Gasteiger partial charge in [0, 0.05) is 201 Å². The molecule has 12 heterocycles. The van der Waals surface area contributed by atoms with E-state index in [2.05, 4.69) is 128 Å². The molecule has 12 aromatic heterocycles. The Labute approximate surface area is 852 Å². The molecule has 0 aliphatic rings. The third-order valence-corrected chi connectivity index (χ3v) is 18.0. The van der Waals surface area contributed by atoms with Crippen molar-refractivity contribution >= 4 is 0 Å². The zero-order valence-corrected chi connectivity index (χ0v) is 80.0. The van der Waals surface area contributed by atoms with Crippen molar-refractivity contribution in [2.75, 3.05) is 0 Å². The number of hydrogen-bond acceptors (Lipinski definition) is 16. The minimum atomic E-state index is -2.37. The first kappa shape index (κ1) is 77.8. The number of rotatable bonds is 12. The first-order valence-corrected chi connectivity index (χ1v) is 39.8. The fourth-order valence-electron chi connectivity index (χ4n) is 11.7. The van der Waals surface area contributed by atoms with Crippen LogP contribution in [0.15, 0.2) is 390 Å². The summed E-state index contributed by atoms with van der Waals surface area (Å²) in [7, 11) is 0. The van der Waals surface area contributed by atoms with Crippen molar-refractivity contribution in [3.05, 3.63) is 484 Å². The minimum absolute atomic E-state index is 0. The zero-order valence-electron chi connectivity index (χ0n) is 88.4. The Balaban J connectivity index is 0.000000190. The molecule has 0 saturated heterocycles. The molecule has 4 radical (unpaired) electrons. The molecule has 8 aromatic carbocycles. The largest absolute Gasteiger partial charge is 0.304 e. The van der Waals surface area contributed by atoms with Crippen LogP contribution in [0.5, 0.6) is 0 Å². The second-order valence-corrected chi connectivity index (χ2v) is 27.2. The number of benzene rings is 8. The first-order chi connectivity index (χ1) is 70.0. The molecule has 0 aliphatic carbocycles. The van der Waals surface area contributed by atoms with Gasteiger partial charge in [-0.2, -0.15) is 0 Å². The Kier molecular flexibility index (Phi) is 32.0. The van der Waals surface area contributed by atoms with Crippen LogP contribution < -0.4 is 0 Å².